The number of rotatable bonds is 9. The van der Waals surface area contributed by atoms with Crippen LogP contribution in [0.15, 0.2) is 28.7 Å². The van der Waals surface area contributed by atoms with Crippen LogP contribution in [0.3, 0.4) is 0 Å². The van der Waals surface area contributed by atoms with Crippen LogP contribution in [0.4, 0.5) is 0 Å². The van der Waals surface area contributed by atoms with Crippen LogP contribution in [-0.4, -0.2) is 55.9 Å². The fourth-order valence-corrected chi connectivity index (χ4v) is 2.74. The summed E-state index contributed by atoms with van der Waals surface area (Å²) in [6, 6.07) is 7.66. The molecule has 0 bridgehead atoms. The van der Waals surface area contributed by atoms with Gasteiger partial charge in [-0.05, 0) is 26.1 Å². The molecule has 0 saturated heterocycles. The van der Waals surface area contributed by atoms with Gasteiger partial charge in [0.15, 0.2) is 5.78 Å². The first kappa shape index (κ1) is 18.3. The fraction of sp³-hybridized carbons (Fsp3) is 0.588. The maximum atomic E-state index is 12.3. The molecule has 4 heteroatoms. The number of hydrogen-bond acceptors (Lipinski definition) is 3. The quantitative estimate of drug-likeness (QED) is 0.633. The lowest BCUT2D eigenvalue weighted by Crippen LogP contribution is -2.35. The number of benzene rings is 1. The topological polar surface area (TPSA) is 23.6 Å². The number of hydrogen-bond donors (Lipinski definition) is 0. The normalized spacial score (nSPS) is 11.6. The monoisotopic (exact) mass is 354 g/mol. The standard InChI is InChI=1S/C17H27BrN2O/c1-14(2)13-20(12-11-19(3)4)10-9-17(21)15-7-5-6-8-16(15)18/h5-8,14H,9-13H2,1-4H3. The van der Waals surface area contributed by atoms with Crippen LogP contribution in [0.25, 0.3) is 0 Å². The van der Waals surface area contributed by atoms with Crippen LogP contribution in [0.1, 0.15) is 30.6 Å². The summed E-state index contributed by atoms with van der Waals surface area (Å²) >= 11 is 3.45. The second-order valence-electron chi connectivity index (χ2n) is 6.15. The van der Waals surface area contributed by atoms with E-state index in [1.807, 2.05) is 24.3 Å². The maximum absolute atomic E-state index is 12.3. The summed E-state index contributed by atoms with van der Waals surface area (Å²) in [5, 5.41) is 0. The van der Waals surface area contributed by atoms with E-state index in [-0.39, 0.29) is 5.78 Å². The molecule has 21 heavy (non-hydrogen) atoms. The van der Waals surface area contributed by atoms with E-state index in [1.54, 1.807) is 0 Å². The molecule has 1 rings (SSSR count). The van der Waals surface area contributed by atoms with Crippen molar-refractivity contribution in [2.45, 2.75) is 20.3 Å². The Balaban J connectivity index is 2.55. The van der Waals surface area contributed by atoms with Crippen molar-refractivity contribution in [3.63, 3.8) is 0 Å². The predicted molar refractivity (Wildman–Crippen MR) is 92.9 cm³/mol. The Kier molecular flexibility index (Phi) is 8.15. The summed E-state index contributed by atoms with van der Waals surface area (Å²) in [6.45, 7) is 8.34. The Hall–Kier alpha value is -0.710. The Morgan fingerprint density at radius 2 is 1.81 bits per heavy atom. The predicted octanol–water partition coefficient (Wildman–Crippen LogP) is 3.54. The number of ketones is 1. The van der Waals surface area contributed by atoms with Gasteiger partial charge in [-0.3, -0.25) is 4.79 Å². The van der Waals surface area contributed by atoms with Crippen molar-refractivity contribution in [2.75, 3.05) is 40.3 Å². The van der Waals surface area contributed by atoms with Gasteiger partial charge in [-0.1, -0.05) is 48.0 Å². The molecular formula is C17H27BrN2O. The number of halogens is 1. The zero-order valence-electron chi connectivity index (χ0n) is 13.6. The molecule has 0 amide bonds. The first-order chi connectivity index (χ1) is 9.90. The minimum Gasteiger partial charge on any atom is -0.308 e. The lowest BCUT2D eigenvalue weighted by molar-refractivity contribution is 0.0957. The Bertz CT molecular complexity index is 446. The molecule has 0 radical (unpaired) electrons. The highest BCUT2D eigenvalue weighted by atomic mass is 79.9. The van der Waals surface area contributed by atoms with Gasteiger partial charge in [0, 0.05) is 42.6 Å². The van der Waals surface area contributed by atoms with Crippen molar-refractivity contribution in [3.05, 3.63) is 34.3 Å². The molecule has 0 heterocycles. The van der Waals surface area contributed by atoms with Gasteiger partial charge < -0.3 is 9.80 Å². The molecule has 0 unspecified atom stereocenters. The smallest absolute Gasteiger partial charge is 0.165 e. The van der Waals surface area contributed by atoms with Gasteiger partial charge in [-0.2, -0.15) is 0 Å². The highest BCUT2D eigenvalue weighted by Crippen LogP contribution is 2.17. The van der Waals surface area contributed by atoms with Crippen molar-refractivity contribution >= 4 is 21.7 Å². The van der Waals surface area contributed by atoms with E-state index < -0.39 is 0 Å². The van der Waals surface area contributed by atoms with Gasteiger partial charge >= 0.3 is 0 Å². The van der Waals surface area contributed by atoms with Crippen LogP contribution in [0.5, 0.6) is 0 Å². The number of likely N-dealkylation sites (N-methyl/N-ethyl adjacent to an activating group) is 1. The SMILES string of the molecule is CC(C)CN(CCC(=O)c1ccccc1Br)CCN(C)C. The van der Waals surface area contributed by atoms with Gasteiger partial charge in [0.25, 0.3) is 0 Å². The number of carbonyl (C=O) groups is 1. The highest BCUT2D eigenvalue weighted by Gasteiger charge is 2.13. The Morgan fingerprint density at radius 3 is 2.38 bits per heavy atom. The molecule has 3 nitrogen and oxygen atoms in total. The highest BCUT2D eigenvalue weighted by molar-refractivity contribution is 9.10. The van der Waals surface area contributed by atoms with Crippen LogP contribution < -0.4 is 0 Å². The van der Waals surface area contributed by atoms with Crippen LogP contribution in [0.2, 0.25) is 0 Å². The van der Waals surface area contributed by atoms with E-state index in [4.69, 9.17) is 0 Å². The average Bonchev–Trinajstić information content (AvgIpc) is 2.41. The fourth-order valence-electron chi connectivity index (χ4n) is 2.23. The second-order valence-corrected chi connectivity index (χ2v) is 7.01. The van der Waals surface area contributed by atoms with Crippen LogP contribution in [0, 0.1) is 5.92 Å². The minimum absolute atomic E-state index is 0.209. The third-order valence-electron chi connectivity index (χ3n) is 3.32. The number of carbonyl (C=O) groups excluding carboxylic acids is 1. The van der Waals surface area contributed by atoms with E-state index >= 15 is 0 Å². The van der Waals surface area contributed by atoms with E-state index in [2.05, 4.69) is 53.7 Å². The van der Waals surface area contributed by atoms with Crippen molar-refractivity contribution in [3.8, 4) is 0 Å². The van der Waals surface area contributed by atoms with E-state index in [0.717, 1.165) is 36.2 Å². The number of Topliss-reactive ketones (excluding diaryl/α,β-unsaturated/α-hetero) is 1. The summed E-state index contributed by atoms with van der Waals surface area (Å²) < 4.78 is 0.888. The van der Waals surface area contributed by atoms with Gasteiger partial charge in [0.2, 0.25) is 0 Å². The zero-order chi connectivity index (χ0) is 15.8. The largest absolute Gasteiger partial charge is 0.308 e. The van der Waals surface area contributed by atoms with Crippen molar-refractivity contribution in [1.82, 2.24) is 9.80 Å². The van der Waals surface area contributed by atoms with Crippen molar-refractivity contribution in [2.24, 2.45) is 5.92 Å². The molecule has 0 atom stereocenters. The molecule has 0 aromatic heterocycles. The first-order valence-electron chi connectivity index (χ1n) is 7.55. The van der Waals surface area contributed by atoms with Crippen LogP contribution in [-0.2, 0) is 0 Å². The lowest BCUT2D eigenvalue weighted by Gasteiger charge is -2.25. The lowest BCUT2D eigenvalue weighted by atomic mass is 10.1. The summed E-state index contributed by atoms with van der Waals surface area (Å²) in [7, 11) is 4.17. The summed E-state index contributed by atoms with van der Waals surface area (Å²) in [4.78, 5) is 16.9. The summed E-state index contributed by atoms with van der Waals surface area (Å²) in [5.41, 5.74) is 0.787. The molecule has 0 spiro atoms. The maximum Gasteiger partial charge on any atom is 0.165 e. The molecule has 118 valence electrons. The van der Waals surface area contributed by atoms with Gasteiger partial charge in [0.1, 0.15) is 0 Å². The zero-order valence-corrected chi connectivity index (χ0v) is 15.2. The van der Waals surface area contributed by atoms with E-state index in [1.165, 1.54) is 0 Å². The van der Waals surface area contributed by atoms with Gasteiger partial charge in [-0.25, -0.2) is 0 Å². The molecule has 1 aromatic rings. The minimum atomic E-state index is 0.209. The molecule has 1 aromatic carbocycles. The third kappa shape index (κ3) is 7.21. The molecule has 0 N–H and O–H groups in total. The molecule has 0 aliphatic carbocycles. The van der Waals surface area contributed by atoms with Gasteiger partial charge in [-0.15, -0.1) is 0 Å². The molecule has 0 aliphatic rings. The number of nitrogens with zero attached hydrogens (tertiary/aromatic N) is 2. The molecule has 0 fully saturated rings. The Morgan fingerprint density at radius 1 is 1.14 bits per heavy atom. The summed E-state index contributed by atoms with van der Waals surface area (Å²) in [5.74, 6) is 0.826. The summed E-state index contributed by atoms with van der Waals surface area (Å²) in [6.07, 6.45) is 0.572. The van der Waals surface area contributed by atoms with Gasteiger partial charge in [0.05, 0.1) is 0 Å². The van der Waals surface area contributed by atoms with Crippen molar-refractivity contribution < 1.29 is 4.79 Å². The average molecular weight is 355 g/mol. The van der Waals surface area contributed by atoms with E-state index in [0.29, 0.717) is 12.3 Å². The van der Waals surface area contributed by atoms with Crippen LogP contribution >= 0.6 is 15.9 Å². The Labute approximate surface area is 137 Å². The first-order valence-corrected chi connectivity index (χ1v) is 8.34. The third-order valence-corrected chi connectivity index (χ3v) is 4.01. The van der Waals surface area contributed by atoms with E-state index in [9.17, 15) is 4.79 Å². The molecular weight excluding hydrogens is 328 g/mol. The van der Waals surface area contributed by atoms with Crippen molar-refractivity contribution in [1.29, 1.82) is 0 Å². The molecule has 0 aliphatic heterocycles. The second kappa shape index (κ2) is 9.34. The molecule has 0 saturated carbocycles.